The van der Waals surface area contributed by atoms with E-state index in [2.05, 4.69) is 19.2 Å². The van der Waals surface area contributed by atoms with Crippen molar-refractivity contribution >= 4 is 0 Å². The van der Waals surface area contributed by atoms with Gasteiger partial charge in [0.2, 0.25) is 0 Å². The van der Waals surface area contributed by atoms with Crippen LogP contribution in [-0.2, 0) is 6.54 Å². The molecule has 86 valence electrons. The fraction of sp³-hybridized carbons (Fsp3) is 0.667. The summed E-state index contributed by atoms with van der Waals surface area (Å²) in [5.41, 5.74) is 6.07. The topological polar surface area (TPSA) is 51.2 Å². The van der Waals surface area contributed by atoms with Gasteiger partial charge in [0.1, 0.15) is 5.76 Å². The highest BCUT2D eigenvalue weighted by Crippen LogP contribution is 2.23. The van der Waals surface area contributed by atoms with Crippen LogP contribution in [0.5, 0.6) is 0 Å². The van der Waals surface area contributed by atoms with E-state index in [4.69, 9.17) is 10.2 Å². The van der Waals surface area contributed by atoms with Crippen molar-refractivity contribution in [2.45, 2.75) is 33.2 Å². The highest BCUT2D eigenvalue weighted by Gasteiger charge is 2.23. The monoisotopic (exact) mass is 210 g/mol. The molecule has 0 aliphatic rings. The van der Waals surface area contributed by atoms with Crippen LogP contribution in [0.4, 0.5) is 0 Å². The summed E-state index contributed by atoms with van der Waals surface area (Å²) < 4.78 is 5.26. The summed E-state index contributed by atoms with van der Waals surface area (Å²) in [4.78, 5) is 0. The molecule has 0 bridgehead atoms. The van der Waals surface area contributed by atoms with Crippen molar-refractivity contribution in [1.82, 2.24) is 5.32 Å². The van der Waals surface area contributed by atoms with Crippen LogP contribution in [0.3, 0.4) is 0 Å². The average molecular weight is 210 g/mol. The highest BCUT2D eigenvalue weighted by atomic mass is 16.3. The van der Waals surface area contributed by atoms with Crippen molar-refractivity contribution in [3.05, 3.63) is 24.2 Å². The fourth-order valence-electron chi connectivity index (χ4n) is 1.72. The van der Waals surface area contributed by atoms with Crippen molar-refractivity contribution in [2.24, 2.45) is 11.1 Å². The predicted molar refractivity (Wildman–Crippen MR) is 62.5 cm³/mol. The average Bonchev–Trinajstić information content (AvgIpc) is 2.78. The Labute approximate surface area is 92.0 Å². The van der Waals surface area contributed by atoms with Crippen LogP contribution >= 0.6 is 0 Å². The summed E-state index contributed by atoms with van der Waals surface area (Å²) in [6.45, 7) is 6.88. The van der Waals surface area contributed by atoms with Crippen LogP contribution in [0.15, 0.2) is 22.8 Å². The molecule has 3 heteroatoms. The van der Waals surface area contributed by atoms with Gasteiger partial charge in [0.15, 0.2) is 0 Å². The zero-order chi connectivity index (χ0) is 11.1. The maximum absolute atomic E-state index is 5.82. The third-order valence-electron chi connectivity index (χ3n) is 3.31. The first-order chi connectivity index (χ1) is 7.26. The Hall–Kier alpha value is -0.800. The summed E-state index contributed by atoms with van der Waals surface area (Å²) in [6, 6.07) is 3.89. The van der Waals surface area contributed by atoms with Gasteiger partial charge < -0.3 is 15.5 Å². The molecule has 1 rings (SSSR count). The first kappa shape index (κ1) is 12.3. The number of rotatable bonds is 7. The van der Waals surface area contributed by atoms with E-state index < -0.39 is 0 Å². The molecule has 0 aromatic carbocycles. The van der Waals surface area contributed by atoms with E-state index in [1.807, 2.05) is 12.1 Å². The molecule has 1 aromatic rings. The molecule has 0 fully saturated rings. The Morgan fingerprint density at radius 2 is 2.13 bits per heavy atom. The molecule has 0 aliphatic carbocycles. The zero-order valence-corrected chi connectivity index (χ0v) is 9.75. The lowest BCUT2D eigenvalue weighted by atomic mass is 9.82. The summed E-state index contributed by atoms with van der Waals surface area (Å²) >= 11 is 0. The van der Waals surface area contributed by atoms with E-state index in [9.17, 15) is 0 Å². The van der Waals surface area contributed by atoms with Gasteiger partial charge in [-0.1, -0.05) is 13.8 Å². The van der Waals surface area contributed by atoms with Crippen molar-refractivity contribution < 1.29 is 4.42 Å². The molecular formula is C12H22N2O. The Morgan fingerprint density at radius 3 is 2.60 bits per heavy atom. The molecule has 0 atom stereocenters. The fourth-order valence-corrected chi connectivity index (χ4v) is 1.72. The molecule has 0 radical (unpaired) electrons. The van der Waals surface area contributed by atoms with Crippen molar-refractivity contribution in [3.63, 3.8) is 0 Å². The molecule has 0 saturated heterocycles. The summed E-state index contributed by atoms with van der Waals surface area (Å²) in [7, 11) is 0. The van der Waals surface area contributed by atoms with Gasteiger partial charge in [-0.3, -0.25) is 0 Å². The minimum absolute atomic E-state index is 0.243. The largest absolute Gasteiger partial charge is 0.468 e. The third kappa shape index (κ3) is 3.36. The quantitative estimate of drug-likeness (QED) is 0.725. The Bertz CT molecular complexity index is 244. The lowest BCUT2D eigenvalue weighted by Crippen LogP contribution is -2.39. The smallest absolute Gasteiger partial charge is 0.117 e. The summed E-state index contributed by atoms with van der Waals surface area (Å²) in [5.74, 6) is 0.980. The molecule has 1 aromatic heterocycles. The van der Waals surface area contributed by atoms with Crippen LogP contribution < -0.4 is 11.1 Å². The first-order valence-corrected chi connectivity index (χ1v) is 5.69. The molecule has 0 saturated carbocycles. The van der Waals surface area contributed by atoms with E-state index in [0.29, 0.717) is 0 Å². The SMILES string of the molecule is CCC(CC)(CN)CNCc1ccco1. The minimum Gasteiger partial charge on any atom is -0.468 e. The maximum atomic E-state index is 5.82. The van der Waals surface area contributed by atoms with Gasteiger partial charge in [-0.15, -0.1) is 0 Å². The van der Waals surface area contributed by atoms with Gasteiger partial charge in [0, 0.05) is 6.54 Å². The zero-order valence-electron chi connectivity index (χ0n) is 9.75. The molecule has 0 aliphatic heterocycles. The van der Waals surface area contributed by atoms with E-state index >= 15 is 0 Å². The van der Waals surface area contributed by atoms with Crippen molar-refractivity contribution in [1.29, 1.82) is 0 Å². The van der Waals surface area contributed by atoms with Crippen molar-refractivity contribution in [2.75, 3.05) is 13.1 Å². The predicted octanol–water partition coefficient (Wildman–Crippen LogP) is 2.13. The summed E-state index contributed by atoms with van der Waals surface area (Å²) in [6.07, 6.45) is 3.93. The molecule has 3 N–H and O–H groups in total. The van der Waals surface area contributed by atoms with Gasteiger partial charge in [-0.2, -0.15) is 0 Å². The second-order valence-electron chi connectivity index (χ2n) is 4.09. The van der Waals surface area contributed by atoms with Crippen LogP contribution in [0.25, 0.3) is 0 Å². The van der Waals surface area contributed by atoms with E-state index in [1.54, 1.807) is 6.26 Å². The number of nitrogens with one attached hydrogen (secondary N) is 1. The number of furan rings is 1. The van der Waals surface area contributed by atoms with E-state index in [0.717, 1.165) is 38.2 Å². The van der Waals surface area contributed by atoms with Crippen LogP contribution in [-0.4, -0.2) is 13.1 Å². The molecule has 0 unspecified atom stereocenters. The lowest BCUT2D eigenvalue weighted by Gasteiger charge is -2.30. The number of hydrogen-bond donors (Lipinski definition) is 2. The van der Waals surface area contributed by atoms with Crippen LogP contribution in [0, 0.1) is 5.41 Å². The lowest BCUT2D eigenvalue weighted by molar-refractivity contribution is 0.255. The Balaban J connectivity index is 2.34. The van der Waals surface area contributed by atoms with Crippen LogP contribution in [0.2, 0.25) is 0 Å². The van der Waals surface area contributed by atoms with Gasteiger partial charge in [0.05, 0.1) is 12.8 Å². The Kier molecular flexibility index (Phi) is 4.85. The van der Waals surface area contributed by atoms with Gasteiger partial charge in [-0.05, 0) is 36.9 Å². The molecule has 1 heterocycles. The van der Waals surface area contributed by atoms with Gasteiger partial charge in [0.25, 0.3) is 0 Å². The van der Waals surface area contributed by atoms with E-state index in [-0.39, 0.29) is 5.41 Å². The standard InChI is InChI=1S/C12H22N2O/c1-3-12(4-2,9-13)10-14-8-11-6-5-7-15-11/h5-7,14H,3-4,8-10,13H2,1-2H3. The number of hydrogen-bond acceptors (Lipinski definition) is 3. The third-order valence-corrected chi connectivity index (χ3v) is 3.31. The maximum Gasteiger partial charge on any atom is 0.117 e. The van der Waals surface area contributed by atoms with Crippen molar-refractivity contribution in [3.8, 4) is 0 Å². The molecule has 15 heavy (non-hydrogen) atoms. The highest BCUT2D eigenvalue weighted by molar-refractivity contribution is 4.97. The van der Waals surface area contributed by atoms with Gasteiger partial charge in [-0.25, -0.2) is 0 Å². The minimum atomic E-state index is 0.243. The molecule has 0 spiro atoms. The molecule has 0 amide bonds. The Morgan fingerprint density at radius 1 is 1.40 bits per heavy atom. The number of nitrogens with two attached hydrogens (primary N) is 1. The van der Waals surface area contributed by atoms with Crippen LogP contribution in [0.1, 0.15) is 32.4 Å². The first-order valence-electron chi connectivity index (χ1n) is 5.69. The normalized spacial score (nSPS) is 11.9. The molecule has 3 nitrogen and oxygen atoms in total. The molecular weight excluding hydrogens is 188 g/mol. The van der Waals surface area contributed by atoms with Gasteiger partial charge >= 0.3 is 0 Å². The second kappa shape index (κ2) is 5.93. The summed E-state index contributed by atoms with van der Waals surface area (Å²) in [5, 5.41) is 3.41. The second-order valence-corrected chi connectivity index (χ2v) is 4.09. The van der Waals surface area contributed by atoms with E-state index in [1.165, 1.54) is 0 Å².